The van der Waals surface area contributed by atoms with E-state index >= 15 is 0 Å². The molecule has 0 bridgehead atoms. The summed E-state index contributed by atoms with van der Waals surface area (Å²) in [5.41, 5.74) is 6.29. The van der Waals surface area contributed by atoms with Gasteiger partial charge in [0.15, 0.2) is 5.75 Å². The van der Waals surface area contributed by atoms with Crippen molar-refractivity contribution in [2.75, 3.05) is 37.0 Å². The number of halogens is 3. The van der Waals surface area contributed by atoms with Crippen molar-refractivity contribution in [3.05, 3.63) is 54.6 Å². The van der Waals surface area contributed by atoms with Crippen LogP contribution >= 0.6 is 0 Å². The first-order chi connectivity index (χ1) is 15.2. The van der Waals surface area contributed by atoms with Gasteiger partial charge in [0.1, 0.15) is 18.0 Å². The number of hydrogen-bond acceptors (Lipinski definition) is 7. The van der Waals surface area contributed by atoms with Gasteiger partial charge in [-0.3, -0.25) is 4.79 Å². The first kappa shape index (κ1) is 22.8. The summed E-state index contributed by atoms with van der Waals surface area (Å²) < 4.78 is 43.9. The summed E-state index contributed by atoms with van der Waals surface area (Å²) in [6.45, 7) is -2.58. The molecule has 1 amide bonds. The maximum absolute atomic E-state index is 13.4. The van der Waals surface area contributed by atoms with Crippen LogP contribution in [0.4, 0.5) is 36.1 Å². The molecule has 32 heavy (non-hydrogen) atoms. The Balaban J connectivity index is 1.98. The van der Waals surface area contributed by atoms with E-state index in [0.717, 1.165) is 0 Å². The van der Waals surface area contributed by atoms with Gasteiger partial charge in [-0.15, -0.1) is 0 Å². The number of nitrogens with one attached hydrogen (secondary N) is 2. The molecule has 8 nitrogen and oxygen atoms in total. The molecule has 0 fully saturated rings. The number of hydrogen-bond donors (Lipinski definition) is 3. The van der Waals surface area contributed by atoms with Gasteiger partial charge in [0, 0.05) is 29.8 Å². The second kappa shape index (κ2) is 9.96. The number of nitrogens with zero attached hydrogens (tertiary/aromatic N) is 3. The second-order valence-corrected chi connectivity index (χ2v) is 6.98. The van der Waals surface area contributed by atoms with Crippen molar-refractivity contribution >= 4 is 39.7 Å². The average molecular weight is 446 g/mol. The van der Waals surface area contributed by atoms with Gasteiger partial charge < -0.3 is 26.0 Å². The zero-order chi connectivity index (χ0) is 23.3. The van der Waals surface area contributed by atoms with Gasteiger partial charge in [-0.1, -0.05) is 6.08 Å². The van der Waals surface area contributed by atoms with Gasteiger partial charge in [0.2, 0.25) is 5.91 Å². The number of anilines is 4. The highest BCUT2D eigenvalue weighted by atomic mass is 19.3. The van der Waals surface area contributed by atoms with Gasteiger partial charge in [-0.25, -0.2) is 14.4 Å². The Morgan fingerprint density at radius 2 is 2.03 bits per heavy atom. The summed E-state index contributed by atoms with van der Waals surface area (Å²) in [4.78, 5) is 22.3. The molecule has 0 spiro atoms. The predicted octanol–water partition coefficient (Wildman–Crippen LogP) is 3.75. The molecule has 0 aliphatic carbocycles. The van der Waals surface area contributed by atoms with Crippen LogP contribution in [0.15, 0.2) is 48.8 Å². The lowest BCUT2D eigenvalue weighted by molar-refractivity contribution is -0.112. The van der Waals surface area contributed by atoms with Crippen LogP contribution in [-0.4, -0.2) is 48.0 Å². The number of amides is 1. The number of benzene rings is 2. The molecule has 0 aliphatic rings. The molecule has 0 atom stereocenters. The number of alkyl halides is 2. The Hall–Kier alpha value is -3.86. The molecule has 3 rings (SSSR count). The fourth-order valence-corrected chi connectivity index (χ4v) is 2.78. The van der Waals surface area contributed by atoms with Crippen LogP contribution in [0.3, 0.4) is 0 Å². The predicted molar refractivity (Wildman–Crippen MR) is 117 cm³/mol. The SMILES string of the molecule is CN(C)C/C=C\C(=O)Nc1cc2c(Nc3ccc(F)c(N)c3)ncnc2cc1OC(F)F. The number of carbonyl (C=O) groups is 1. The van der Waals surface area contributed by atoms with Gasteiger partial charge >= 0.3 is 6.61 Å². The number of carbonyl (C=O) groups excluding carboxylic acids is 1. The van der Waals surface area contributed by atoms with Crippen molar-refractivity contribution in [3.63, 3.8) is 0 Å². The molecule has 2 aromatic carbocycles. The Morgan fingerprint density at radius 3 is 2.72 bits per heavy atom. The highest BCUT2D eigenvalue weighted by Crippen LogP contribution is 2.34. The van der Waals surface area contributed by atoms with Crippen LogP contribution < -0.4 is 21.1 Å². The van der Waals surface area contributed by atoms with E-state index in [4.69, 9.17) is 5.73 Å². The Morgan fingerprint density at radius 1 is 1.25 bits per heavy atom. The Bertz CT molecular complexity index is 1150. The van der Waals surface area contributed by atoms with Crippen molar-refractivity contribution in [1.82, 2.24) is 14.9 Å². The largest absolute Gasteiger partial charge is 0.433 e. The van der Waals surface area contributed by atoms with Crippen LogP contribution in [0, 0.1) is 5.82 Å². The van der Waals surface area contributed by atoms with Crippen LogP contribution in [-0.2, 0) is 4.79 Å². The number of nitrogens with two attached hydrogens (primary N) is 1. The molecule has 0 saturated carbocycles. The Kier molecular flexibility index (Phi) is 7.11. The van der Waals surface area contributed by atoms with Gasteiger partial charge in [-0.2, -0.15) is 8.78 Å². The van der Waals surface area contributed by atoms with Gasteiger partial charge in [0.05, 0.1) is 16.9 Å². The normalized spacial score (nSPS) is 11.5. The average Bonchev–Trinajstić information content (AvgIpc) is 2.71. The molecule has 4 N–H and O–H groups in total. The Labute approximate surface area is 181 Å². The number of aromatic nitrogens is 2. The summed E-state index contributed by atoms with van der Waals surface area (Å²) in [6, 6.07) is 6.73. The number of ether oxygens (including phenoxy) is 1. The third kappa shape index (κ3) is 5.85. The topological polar surface area (TPSA) is 105 Å². The van der Waals surface area contributed by atoms with E-state index in [-0.39, 0.29) is 22.6 Å². The van der Waals surface area contributed by atoms with E-state index in [9.17, 15) is 18.0 Å². The second-order valence-electron chi connectivity index (χ2n) is 6.98. The molecular weight excluding hydrogens is 425 g/mol. The van der Waals surface area contributed by atoms with E-state index in [1.165, 1.54) is 42.7 Å². The molecule has 0 saturated heterocycles. The van der Waals surface area contributed by atoms with Crippen molar-refractivity contribution in [1.29, 1.82) is 0 Å². The van der Waals surface area contributed by atoms with Crippen molar-refractivity contribution in [3.8, 4) is 5.75 Å². The lowest BCUT2D eigenvalue weighted by Crippen LogP contribution is -2.14. The highest BCUT2D eigenvalue weighted by molar-refractivity contribution is 6.03. The van der Waals surface area contributed by atoms with Crippen LogP contribution in [0.5, 0.6) is 5.75 Å². The molecular formula is C21H21F3N6O2. The number of likely N-dealkylation sites (N-methyl/N-ethyl adjacent to an activating group) is 1. The van der Waals surface area contributed by atoms with Crippen molar-refractivity contribution in [2.45, 2.75) is 6.61 Å². The number of rotatable bonds is 8. The van der Waals surface area contributed by atoms with E-state index in [2.05, 4.69) is 25.3 Å². The van der Waals surface area contributed by atoms with E-state index in [1.54, 1.807) is 6.08 Å². The molecule has 168 valence electrons. The lowest BCUT2D eigenvalue weighted by Gasteiger charge is -2.14. The fraction of sp³-hybridized carbons (Fsp3) is 0.190. The molecule has 11 heteroatoms. The first-order valence-corrected chi connectivity index (χ1v) is 9.41. The van der Waals surface area contributed by atoms with Crippen LogP contribution in [0.2, 0.25) is 0 Å². The third-order valence-corrected chi connectivity index (χ3v) is 4.21. The molecule has 0 unspecified atom stereocenters. The smallest absolute Gasteiger partial charge is 0.387 e. The lowest BCUT2D eigenvalue weighted by atomic mass is 10.1. The quantitative estimate of drug-likeness (QED) is 0.357. The first-order valence-electron chi connectivity index (χ1n) is 9.41. The fourth-order valence-electron chi connectivity index (χ4n) is 2.78. The summed E-state index contributed by atoms with van der Waals surface area (Å²) in [5.74, 6) is -1.05. The van der Waals surface area contributed by atoms with E-state index in [1.807, 2.05) is 19.0 Å². The van der Waals surface area contributed by atoms with Crippen molar-refractivity contribution < 1.29 is 22.7 Å². The van der Waals surface area contributed by atoms with Crippen LogP contribution in [0.25, 0.3) is 10.9 Å². The number of nitrogen functional groups attached to an aromatic ring is 1. The molecule has 0 radical (unpaired) electrons. The summed E-state index contributed by atoms with van der Waals surface area (Å²) in [7, 11) is 3.67. The minimum atomic E-state index is -3.10. The van der Waals surface area contributed by atoms with Gasteiger partial charge in [0.25, 0.3) is 0 Å². The monoisotopic (exact) mass is 446 g/mol. The van der Waals surface area contributed by atoms with Crippen LogP contribution in [0.1, 0.15) is 0 Å². The van der Waals surface area contributed by atoms with E-state index in [0.29, 0.717) is 23.4 Å². The zero-order valence-electron chi connectivity index (χ0n) is 17.3. The summed E-state index contributed by atoms with van der Waals surface area (Å²) >= 11 is 0. The molecule has 1 heterocycles. The van der Waals surface area contributed by atoms with Gasteiger partial charge in [-0.05, 0) is 38.4 Å². The highest BCUT2D eigenvalue weighted by Gasteiger charge is 2.16. The summed E-state index contributed by atoms with van der Waals surface area (Å²) in [6.07, 6.45) is 4.14. The standard InChI is InChI=1S/C21H21F3N6O2/c1-30(2)7-3-4-19(31)29-17-9-13-16(10-18(17)32-21(23)24)26-11-27-20(13)28-12-5-6-14(22)15(25)8-12/h3-6,8-11,21H,7,25H2,1-2H3,(H,29,31)(H,26,27,28)/b4-3-. The minimum Gasteiger partial charge on any atom is -0.433 e. The maximum atomic E-state index is 13.4. The number of fused-ring (bicyclic) bond motifs is 1. The molecule has 3 aromatic rings. The molecule has 0 aliphatic heterocycles. The summed E-state index contributed by atoms with van der Waals surface area (Å²) in [5, 5.41) is 5.92. The van der Waals surface area contributed by atoms with Crippen molar-refractivity contribution in [2.24, 2.45) is 0 Å². The minimum absolute atomic E-state index is 0.00812. The van der Waals surface area contributed by atoms with E-state index < -0.39 is 18.3 Å². The molecule has 1 aromatic heterocycles. The zero-order valence-corrected chi connectivity index (χ0v) is 17.3. The maximum Gasteiger partial charge on any atom is 0.387 e. The third-order valence-electron chi connectivity index (χ3n) is 4.21.